The Bertz CT molecular complexity index is 518. The average Bonchev–Trinajstić information content (AvgIpc) is 2.73. The summed E-state index contributed by atoms with van der Waals surface area (Å²) in [5.74, 6) is 1.96. The van der Waals surface area contributed by atoms with Crippen LogP contribution in [0.4, 0.5) is 0 Å². The molecule has 1 heterocycles. The first-order chi connectivity index (χ1) is 8.61. The number of aromatic nitrogens is 3. The van der Waals surface area contributed by atoms with Gasteiger partial charge in [-0.05, 0) is 38.0 Å². The summed E-state index contributed by atoms with van der Waals surface area (Å²) in [6.45, 7) is 4.79. The van der Waals surface area contributed by atoms with Gasteiger partial charge in [0.05, 0.1) is 6.04 Å². The van der Waals surface area contributed by atoms with Gasteiger partial charge >= 0.3 is 0 Å². The standard InChI is InChI=1S/C13H18N4O/c1-3-17-9(2)15-16-13(17)12(14)8-10-4-6-11(18)7-5-10/h4-7,12,18H,3,8,14H2,1-2H3/t12-/m0/s1. The molecule has 2 rings (SSSR count). The quantitative estimate of drug-likeness (QED) is 0.858. The number of aryl methyl sites for hydroxylation is 1. The van der Waals surface area contributed by atoms with Crippen molar-refractivity contribution >= 4 is 0 Å². The Labute approximate surface area is 106 Å². The largest absolute Gasteiger partial charge is 0.508 e. The third kappa shape index (κ3) is 2.51. The number of nitrogens with two attached hydrogens (primary N) is 1. The fourth-order valence-electron chi connectivity index (χ4n) is 2.04. The Morgan fingerprint density at radius 2 is 1.94 bits per heavy atom. The molecule has 96 valence electrons. The molecule has 3 N–H and O–H groups in total. The van der Waals surface area contributed by atoms with E-state index >= 15 is 0 Å². The van der Waals surface area contributed by atoms with Crippen LogP contribution in [0, 0.1) is 6.92 Å². The second kappa shape index (κ2) is 5.18. The molecule has 0 saturated carbocycles. The molecular weight excluding hydrogens is 228 g/mol. The van der Waals surface area contributed by atoms with Gasteiger partial charge in [0.2, 0.25) is 0 Å². The second-order valence-corrected chi connectivity index (χ2v) is 4.33. The van der Waals surface area contributed by atoms with Gasteiger partial charge in [-0.1, -0.05) is 12.1 Å². The molecule has 0 aliphatic rings. The van der Waals surface area contributed by atoms with E-state index in [4.69, 9.17) is 5.73 Å². The lowest BCUT2D eigenvalue weighted by molar-refractivity contribution is 0.475. The molecule has 0 spiro atoms. The first-order valence-electron chi connectivity index (χ1n) is 6.05. The predicted molar refractivity (Wildman–Crippen MR) is 69.2 cm³/mol. The topological polar surface area (TPSA) is 77.0 Å². The van der Waals surface area contributed by atoms with Crippen LogP contribution in [-0.4, -0.2) is 19.9 Å². The van der Waals surface area contributed by atoms with Gasteiger partial charge in [-0.2, -0.15) is 0 Å². The van der Waals surface area contributed by atoms with E-state index in [1.165, 1.54) is 0 Å². The molecule has 1 aromatic heterocycles. The Morgan fingerprint density at radius 3 is 2.56 bits per heavy atom. The fraction of sp³-hybridized carbons (Fsp3) is 0.385. The SMILES string of the molecule is CCn1c(C)nnc1[C@@H](N)Cc1ccc(O)cc1. The fourth-order valence-corrected chi connectivity index (χ4v) is 2.04. The van der Waals surface area contributed by atoms with Crippen LogP contribution in [0.1, 0.15) is 30.2 Å². The van der Waals surface area contributed by atoms with Crippen LogP contribution in [0.3, 0.4) is 0 Å². The van der Waals surface area contributed by atoms with E-state index in [0.29, 0.717) is 6.42 Å². The lowest BCUT2D eigenvalue weighted by Crippen LogP contribution is -2.19. The third-order valence-electron chi connectivity index (χ3n) is 3.00. The number of rotatable bonds is 4. The average molecular weight is 246 g/mol. The summed E-state index contributed by atoms with van der Waals surface area (Å²) in [5.41, 5.74) is 7.24. The minimum absolute atomic E-state index is 0.185. The van der Waals surface area contributed by atoms with Gasteiger partial charge < -0.3 is 15.4 Å². The van der Waals surface area contributed by atoms with Gasteiger partial charge in [-0.25, -0.2) is 0 Å². The molecule has 18 heavy (non-hydrogen) atoms. The van der Waals surface area contributed by atoms with E-state index in [0.717, 1.165) is 23.8 Å². The van der Waals surface area contributed by atoms with Crippen molar-refractivity contribution in [2.75, 3.05) is 0 Å². The Morgan fingerprint density at radius 1 is 1.28 bits per heavy atom. The number of phenolic OH excluding ortho intramolecular Hbond substituents is 1. The highest BCUT2D eigenvalue weighted by atomic mass is 16.3. The Hall–Kier alpha value is -1.88. The second-order valence-electron chi connectivity index (χ2n) is 4.33. The third-order valence-corrected chi connectivity index (χ3v) is 3.00. The molecule has 0 fully saturated rings. The highest BCUT2D eigenvalue weighted by Gasteiger charge is 2.15. The normalized spacial score (nSPS) is 12.6. The molecule has 0 aliphatic heterocycles. The molecule has 1 aromatic carbocycles. The van der Waals surface area contributed by atoms with E-state index < -0.39 is 0 Å². The first-order valence-corrected chi connectivity index (χ1v) is 6.05. The van der Waals surface area contributed by atoms with Crippen molar-refractivity contribution in [3.05, 3.63) is 41.5 Å². The monoisotopic (exact) mass is 246 g/mol. The zero-order valence-electron chi connectivity index (χ0n) is 10.7. The number of aromatic hydroxyl groups is 1. The minimum atomic E-state index is -0.185. The van der Waals surface area contributed by atoms with Gasteiger partial charge in [-0.15, -0.1) is 10.2 Å². The maximum Gasteiger partial charge on any atom is 0.150 e. The summed E-state index contributed by atoms with van der Waals surface area (Å²) < 4.78 is 2.02. The molecule has 0 radical (unpaired) electrons. The van der Waals surface area contributed by atoms with Gasteiger partial charge in [0.25, 0.3) is 0 Å². The lowest BCUT2D eigenvalue weighted by Gasteiger charge is -2.12. The van der Waals surface area contributed by atoms with Gasteiger partial charge in [0.1, 0.15) is 17.4 Å². The molecule has 0 saturated heterocycles. The molecule has 5 heteroatoms. The van der Waals surface area contributed by atoms with Crippen LogP contribution in [0.5, 0.6) is 5.75 Å². The van der Waals surface area contributed by atoms with E-state index in [2.05, 4.69) is 10.2 Å². The van der Waals surface area contributed by atoms with Gasteiger partial charge in [-0.3, -0.25) is 0 Å². The number of benzene rings is 1. The van der Waals surface area contributed by atoms with Gasteiger partial charge in [0.15, 0.2) is 0 Å². The van der Waals surface area contributed by atoms with E-state index in [-0.39, 0.29) is 11.8 Å². The number of nitrogens with zero attached hydrogens (tertiary/aromatic N) is 3. The van der Waals surface area contributed by atoms with Crippen molar-refractivity contribution in [1.29, 1.82) is 0 Å². The predicted octanol–water partition coefficient (Wildman–Crippen LogP) is 1.55. The molecule has 0 amide bonds. The molecular formula is C13H18N4O. The highest BCUT2D eigenvalue weighted by Crippen LogP contribution is 2.17. The summed E-state index contributed by atoms with van der Waals surface area (Å²) in [7, 11) is 0. The zero-order chi connectivity index (χ0) is 13.1. The Kier molecular flexibility index (Phi) is 3.62. The molecule has 0 unspecified atom stereocenters. The first kappa shape index (κ1) is 12.6. The zero-order valence-corrected chi connectivity index (χ0v) is 10.7. The minimum Gasteiger partial charge on any atom is -0.508 e. The van der Waals surface area contributed by atoms with Crippen molar-refractivity contribution in [1.82, 2.24) is 14.8 Å². The summed E-state index contributed by atoms with van der Waals surface area (Å²) in [5, 5.41) is 17.4. The Balaban J connectivity index is 2.16. The summed E-state index contributed by atoms with van der Waals surface area (Å²) in [6.07, 6.45) is 0.679. The number of hydrogen-bond acceptors (Lipinski definition) is 4. The molecule has 0 aliphatic carbocycles. The van der Waals surface area contributed by atoms with Crippen molar-refractivity contribution < 1.29 is 5.11 Å². The summed E-state index contributed by atoms with van der Waals surface area (Å²) in [4.78, 5) is 0. The summed E-state index contributed by atoms with van der Waals surface area (Å²) >= 11 is 0. The number of hydrogen-bond donors (Lipinski definition) is 2. The highest BCUT2D eigenvalue weighted by molar-refractivity contribution is 5.26. The van der Waals surface area contributed by atoms with E-state index in [9.17, 15) is 5.11 Å². The molecule has 0 bridgehead atoms. The smallest absolute Gasteiger partial charge is 0.150 e. The van der Waals surface area contributed by atoms with Crippen LogP contribution < -0.4 is 5.73 Å². The van der Waals surface area contributed by atoms with Crippen LogP contribution in [0.25, 0.3) is 0 Å². The van der Waals surface area contributed by atoms with E-state index in [1.54, 1.807) is 12.1 Å². The van der Waals surface area contributed by atoms with Crippen LogP contribution in [0.15, 0.2) is 24.3 Å². The molecule has 5 nitrogen and oxygen atoms in total. The van der Waals surface area contributed by atoms with E-state index in [1.807, 2.05) is 30.5 Å². The maximum absolute atomic E-state index is 9.24. The van der Waals surface area contributed by atoms with Gasteiger partial charge in [0, 0.05) is 6.54 Å². The van der Waals surface area contributed by atoms with Crippen LogP contribution in [-0.2, 0) is 13.0 Å². The van der Waals surface area contributed by atoms with Crippen molar-refractivity contribution in [3.63, 3.8) is 0 Å². The molecule has 1 atom stereocenters. The molecule has 2 aromatic rings. The van der Waals surface area contributed by atoms with Crippen LogP contribution in [0.2, 0.25) is 0 Å². The maximum atomic E-state index is 9.24. The van der Waals surface area contributed by atoms with Crippen molar-refractivity contribution in [3.8, 4) is 5.75 Å². The van der Waals surface area contributed by atoms with Crippen molar-refractivity contribution in [2.45, 2.75) is 32.9 Å². The van der Waals surface area contributed by atoms with Crippen molar-refractivity contribution in [2.24, 2.45) is 5.73 Å². The lowest BCUT2D eigenvalue weighted by atomic mass is 10.1. The number of phenols is 1. The van der Waals surface area contributed by atoms with Crippen LogP contribution >= 0.6 is 0 Å². The summed E-state index contributed by atoms with van der Waals surface area (Å²) in [6, 6.07) is 6.88.